The molecule has 0 aliphatic carbocycles. The molecule has 0 radical (unpaired) electrons. The van der Waals surface area contributed by atoms with Crippen LogP contribution in [0.4, 0.5) is 5.69 Å². The number of Topliss-reactive ketones (excluding diaryl/α,β-unsaturated/α-hetero) is 1. The first kappa shape index (κ1) is 8.83. The third-order valence-electron chi connectivity index (χ3n) is 2.27. The Balaban J connectivity index is 2.61. The highest BCUT2D eigenvalue weighted by molar-refractivity contribution is 6.05. The molecule has 0 bridgehead atoms. The largest absolute Gasteiger partial charge is 0.384 e. The lowest BCUT2D eigenvalue weighted by Gasteiger charge is -2.17. The molecule has 1 heterocycles. The summed E-state index contributed by atoms with van der Waals surface area (Å²) in [5.74, 6) is 5.97. The van der Waals surface area contributed by atoms with Gasteiger partial charge in [0.15, 0.2) is 5.78 Å². The highest BCUT2D eigenvalue weighted by Crippen LogP contribution is 2.24. The second kappa shape index (κ2) is 3.55. The number of hydrogen-bond donors (Lipinski definition) is 1. The molecule has 0 spiro atoms. The number of anilines is 1. The fourth-order valence-corrected chi connectivity index (χ4v) is 1.67. The van der Waals surface area contributed by atoms with Gasteiger partial charge >= 0.3 is 0 Å². The van der Waals surface area contributed by atoms with Crippen LogP contribution in [0, 0.1) is 11.8 Å². The van der Waals surface area contributed by atoms with Crippen molar-refractivity contribution in [2.45, 2.75) is 13.3 Å². The van der Waals surface area contributed by atoms with Crippen LogP contribution >= 0.6 is 0 Å². The van der Waals surface area contributed by atoms with Gasteiger partial charge in [-0.2, -0.15) is 0 Å². The molecule has 1 aliphatic rings. The Hall–Kier alpha value is -1.75. The van der Waals surface area contributed by atoms with E-state index in [4.69, 9.17) is 0 Å². The zero-order valence-corrected chi connectivity index (χ0v) is 8.05. The van der Waals surface area contributed by atoms with Gasteiger partial charge in [0, 0.05) is 24.2 Å². The summed E-state index contributed by atoms with van der Waals surface area (Å²) in [6.45, 7) is 2.51. The third kappa shape index (κ3) is 1.38. The molecular weight excluding hydrogens is 174 g/mol. The molecule has 0 fully saturated rings. The Morgan fingerprint density at radius 3 is 3.07 bits per heavy atom. The lowest BCUT2D eigenvalue weighted by molar-refractivity contribution is 0.0983. The lowest BCUT2D eigenvalue weighted by Crippen LogP contribution is -2.19. The zero-order valence-electron chi connectivity index (χ0n) is 8.05. The van der Waals surface area contributed by atoms with Crippen LogP contribution in [0.15, 0.2) is 18.2 Å². The summed E-state index contributed by atoms with van der Waals surface area (Å²) in [5, 5.41) is 3.20. The SMILES string of the molecule is CC#Cc1cccc2c1C(=O)CCN2. The van der Waals surface area contributed by atoms with Crippen LogP contribution in [0.25, 0.3) is 0 Å². The van der Waals surface area contributed by atoms with Gasteiger partial charge in [-0.25, -0.2) is 0 Å². The fraction of sp³-hybridized carbons (Fsp3) is 0.250. The molecule has 0 saturated heterocycles. The van der Waals surface area contributed by atoms with Crippen molar-refractivity contribution >= 4 is 11.5 Å². The summed E-state index contributed by atoms with van der Waals surface area (Å²) in [4.78, 5) is 11.7. The normalized spacial score (nSPS) is 13.6. The van der Waals surface area contributed by atoms with Gasteiger partial charge in [0.25, 0.3) is 0 Å². The smallest absolute Gasteiger partial charge is 0.167 e. The van der Waals surface area contributed by atoms with E-state index < -0.39 is 0 Å². The van der Waals surface area contributed by atoms with Gasteiger partial charge in [0.1, 0.15) is 0 Å². The first-order valence-electron chi connectivity index (χ1n) is 4.66. The standard InChI is InChI=1S/C12H11NO/c1-2-4-9-5-3-6-10-12(9)11(14)7-8-13-10/h3,5-6,13H,7-8H2,1H3. The van der Waals surface area contributed by atoms with Crippen molar-refractivity contribution in [3.8, 4) is 11.8 Å². The van der Waals surface area contributed by atoms with Gasteiger partial charge < -0.3 is 5.32 Å². The molecule has 1 aromatic carbocycles. The summed E-state index contributed by atoms with van der Waals surface area (Å²) >= 11 is 0. The van der Waals surface area contributed by atoms with E-state index in [1.165, 1.54) is 0 Å². The molecule has 1 N–H and O–H groups in total. The van der Waals surface area contributed by atoms with Crippen molar-refractivity contribution < 1.29 is 4.79 Å². The minimum Gasteiger partial charge on any atom is -0.384 e. The van der Waals surface area contributed by atoms with Gasteiger partial charge in [-0.3, -0.25) is 4.79 Å². The zero-order chi connectivity index (χ0) is 9.97. The van der Waals surface area contributed by atoms with Crippen LogP contribution < -0.4 is 5.32 Å². The van der Waals surface area contributed by atoms with Crippen molar-refractivity contribution in [3.05, 3.63) is 29.3 Å². The number of carbonyl (C=O) groups excluding carboxylic acids is 1. The van der Waals surface area contributed by atoms with E-state index in [9.17, 15) is 4.79 Å². The predicted molar refractivity (Wildman–Crippen MR) is 56.4 cm³/mol. The average molecular weight is 185 g/mol. The molecule has 2 nitrogen and oxygen atoms in total. The van der Waals surface area contributed by atoms with Crippen molar-refractivity contribution in [1.29, 1.82) is 0 Å². The molecule has 2 rings (SSSR count). The monoisotopic (exact) mass is 185 g/mol. The molecule has 14 heavy (non-hydrogen) atoms. The minimum absolute atomic E-state index is 0.192. The second-order valence-corrected chi connectivity index (χ2v) is 3.20. The molecule has 1 aliphatic heterocycles. The molecule has 0 aromatic heterocycles. The van der Waals surface area contributed by atoms with Crippen LogP contribution in [-0.2, 0) is 0 Å². The summed E-state index contributed by atoms with van der Waals surface area (Å²) in [7, 11) is 0. The minimum atomic E-state index is 0.192. The molecular formula is C12H11NO. The van der Waals surface area contributed by atoms with E-state index in [0.717, 1.165) is 23.4 Å². The highest BCUT2D eigenvalue weighted by atomic mass is 16.1. The quantitative estimate of drug-likeness (QED) is 0.627. The molecule has 0 amide bonds. The van der Waals surface area contributed by atoms with Crippen LogP contribution in [0.2, 0.25) is 0 Å². The van der Waals surface area contributed by atoms with Crippen molar-refractivity contribution in [2.75, 3.05) is 11.9 Å². The summed E-state index contributed by atoms with van der Waals surface area (Å²) < 4.78 is 0. The number of benzene rings is 1. The first-order chi connectivity index (χ1) is 6.83. The van der Waals surface area contributed by atoms with Crippen molar-refractivity contribution in [3.63, 3.8) is 0 Å². The average Bonchev–Trinajstić information content (AvgIpc) is 2.19. The van der Waals surface area contributed by atoms with Crippen LogP contribution in [0.3, 0.4) is 0 Å². The first-order valence-corrected chi connectivity index (χ1v) is 4.66. The Morgan fingerprint density at radius 1 is 1.43 bits per heavy atom. The number of hydrogen-bond acceptors (Lipinski definition) is 2. The van der Waals surface area contributed by atoms with Gasteiger partial charge in [0.05, 0.1) is 5.56 Å². The number of rotatable bonds is 0. The maximum absolute atomic E-state index is 11.7. The summed E-state index contributed by atoms with van der Waals surface area (Å²) in [5.41, 5.74) is 2.51. The lowest BCUT2D eigenvalue weighted by atomic mass is 9.97. The van der Waals surface area contributed by atoms with E-state index in [1.54, 1.807) is 6.92 Å². The summed E-state index contributed by atoms with van der Waals surface area (Å²) in [6, 6.07) is 5.73. The van der Waals surface area contributed by atoms with Crippen LogP contribution in [0.1, 0.15) is 29.3 Å². The van der Waals surface area contributed by atoms with Gasteiger partial charge in [-0.1, -0.05) is 12.0 Å². The Bertz CT molecular complexity index is 437. The third-order valence-corrected chi connectivity index (χ3v) is 2.27. The molecule has 1 aromatic rings. The molecule has 0 saturated carbocycles. The fourth-order valence-electron chi connectivity index (χ4n) is 1.67. The number of fused-ring (bicyclic) bond motifs is 1. The summed E-state index contributed by atoms with van der Waals surface area (Å²) in [6.07, 6.45) is 0.565. The maximum Gasteiger partial charge on any atom is 0.167 e. The molecule has 2 heteroatoms. The van der Waals surface area contributed by atoms with Crippen LogP contribution in [0.5, 0.6) is 0 Å². The van der Waals surface area contributed by atoms with E-state index in [-0.39, 0.29) is 5.78 Å². The van der Waals surface area contributed by atoms with Gasteiger partial charge in [-0.05, 0) is 19.1 Å². The van der Waals surface area contributed by atoms with Crippen molar-refractivity contribution in [2.24, 2.45) is 0 Å². The predicted octanol–water partition coefficient (Wildman–Crippen LogP) is 2.06. The maximum atomic E-state index is 11.7. The van der Waals surface area contributed by atoms with E-state index >= 15 is 0 Å². The van der Waals surface area contributed by atoms with E-state index in [0.29, 0.717) is 6.42 Å². The van der Waals surface area contributed by atoms with Crippen molar-refractivity contribution in [1.82, 2.24) is 0 Å². The molecule has 70 valence electrons. The Labute approximate surface area is 83.3 Å². The van der Waals surface area contributed by atoms with E-state index in [2.05, 4.69) is 17.2 Å². The molecule has 0 unspecified atom stereocenters. The second-order valence-electron chi connectivity index (χ2n) is 3.20. The van der Waals surface area contributed by atoms with Gasteiger partial charge in [-0.15, -0.1) is 5.92 Å². The number of carbonyl (C=O) groups is 1. The Kier molecular flexibility index (Phi) is 2.24. The van der Waals surface area contributed by atoms with E-state index in [1.807, 2.05) is 18.2 Å². The van der Waals surface area contributed by atoms with Crippen LogP contribution in [-0.4, -0.2) is 12.3 Å². The highest BCUT2D eigenvalue weighted by Gasteiger charge is 2.18. The number of nitrogens with one attached hydrogen (secondary N) is 1. The number of ketones is 1. The molecule has 0 atom stereocenters. The topological polar surface area (TPSA) is 29.1 Å². The van der Waals surface area contributed by atoms with Gasteiger partial charge in [0.2, 0.25) is 0 Å². The Morgan fingerprint density at radius 2 is 2.29 bits per heavy atom.